The van der Waals surface area contributed by atoms with Gasteiger partial charge in [-0.2, -0.15) is 10.2 Å². The zero-order valence-corrected chi connectivity index (χ0v) is 5.65. The molecule has 2 heterocycles. The maximum absolute atomic E-state index is 3.93. The fourth-order valence-electron chi connectivity index (χ4n) is 0.783. The van der Waals surface area contributed by atoms with Gasteiger partial charge in [0.2, 0.25) is 0 Å². The Balaban J connectivity index is 2.14. The molecular formula is C5H6N6. The molecule has 0 bridgehead atoms. The van der Waals surface area contributed by atoms with Gasteiger partial charge in [0.1, 0.15) is 12.7 Å². The fraction of sp³-hybridized carbons (Fsp3) is 0.200. The number of H-pyrrole nitrogens is 2. The Morgan fingerprint density at radius 2 is 1.55 bits per heavy atom. The van der Waals surface area contributed by atoms with E-state index in [0.29, 0.717) is 18.1 Å². The molecule has 0 aliphatic heterocycles. The molecule has 0 fully saturated rings. The monoisotopic (exact) mass is 150 g/mol. The molecule has 0 saturated carbocycles. The van der Waals surface area contributed by atoms with Crippen molar-refractivity contribution in [3.05, 3.63) is 24.3 Å². The Morgan fingerprint density at radius 1 is 1.00 bits per heavy atom. The average molecular weight is 150 g/mol. The molecule has 0 spiro atoms. The van der Waals surface area contributed by atoms with E-state index in [1.807, 2.05) is 0 Å². The standard InChI is InChI=1S/C5H6N6/c1(4-6-2-8-10-4)5-7-3-9-11-5/h2-3H,1H2,(H,6,8,10)(H,7,9,11). The van der Waals surface area contributed by atoms with Crippen LogP contribution in [0, 0.1) is 0 Å². The highest BCUT2D eigenvalue weighted by Gasteiger charge is 2.01. The summed E-state index contributed by atoms with van der Waals surface area (Å²) in [5.41, 5.74) is 0. The lowest BCUT2D eigenvalue weighted by Crippen LogP contribution is -1.92. The number of hydrogen-bond acceptors (Lipinski definition) is 4. The van der Waals surface area contributed by atoms with Crippen LogP contribution in [-0.2, 0) is 6.42 Å². The van der Waals surface area contributed by atoms with Gasteiger partial charge in [0, 0.05) is 0 Å². The number of aromatic amines is 2. The molecule has 2 aromatic heterocycles. The third kappa shape index (κ3) is 1.23. The second kappa shape index (κ2) is 2.49. The maximum Gasteiger partial charge on any atom is 0.157 e. The van der Waals surface area contributed by atoms with Crippen LogP contribution in [0.3, 0.4) is 0 Å². The van der Waals surface area contributed by atoms with Crippen LogP contribution in [0.25, 0.3) is 0 Å². The minimum atomic E-state index is 0.563. The summed E-state index contributed by atoms with van der Waals surface area (Å²) in [6, 6.07) is 0. The first-order valence-electron chi connectivity index (χ1n) is 3.14. The van der Waals surface area contributed by atoms with E-state index in [9.17, 15) is 0 Å². The minimum Gasteiger partial charge on any atom is -0.266 e. The van der Waals surface area contributed by atoms with E-state index < -0.39 is 0 Å². The number of rotatable bonds is 2. The van der Waals surface area contributed by atoms with Gasteiger partial charge >= 0.3 is 0 Å². The van der Waals surface area contributed by atoms with Gasteiger partial charge in [0.05, 0.1) is 6.42 Å². The van der Waals surface area contributed by atoms with E-state index in [1.165, 1.54) is 12.7 Å². The van der Waals surface area contributed by atoms with Gasteiger partial charge in [-0.1, -0.05) is 0 Å². The number of aromatic nitrogens is 6. The molecule has 0 aliphatic rings. The van der Waals surface area contributed by atoms with Crippen LogP contribution in [0.5, 0.6) is 0 Å². The maximum atomic E-state index is 3.93. The summed E-state index contributed by atoms with van der Waals surface area (Å²) in [5, 5.41) is 13.0. The van der Waals surface area contributed by atoms with E-state index in [1.54, 1.807) is 0 Å². The van der Waals surface area contributed by atoms with Crippen molar-refractivity contribution < 1.29 is 0 Å². The Morgan fingerprint density at radius 3 is 1.91 bits per heavy atom. The van der Waals surface area contributed by atoms with Gasteiger partial charge in [-0.25, -0.2) is 9.97 Å². The van der Waals surface area contributed by atoms with Gasteiger partial charge in [-0.15, -0.1) is 0 Å². The molecule has 6 heteroatoms. The smallest absolute Gasteiger partial charge is 0.157 e. The first-order chi connectivity index (χ1) is 5.45. The summed E-state index contributed by atoms with van der Waals surface area (Å²) in [7, 11) is 0. The topological polar surface area (TPSA) is 83.1 Å². The molecule has 0 amide bonds. The van der Waals surface area contributed by atoms with E-state index in [4.69, 9.17) is 0 Å². The quantitative estimate of drug-likeness (QED) is 0.605. The van der Waals surface area contributed by atoms with Crippen molar-refractivity contribution in [1.82, 2.24) is 30.4 Å². The summed E-state index contributed by atoms with van der Waals surface area (Å²) in [4.78, 5) is 7.86. The summed E-state index contributed by atoms with van der Waals surface area (Å²) in [6.45, 7) is 0. The summed E-state index contributed by atoms with van der Waals surface area (Å²) in [5.74, 6) is 1.40. The predicted octanol–water partition coefficient (Wildman–Crippen LogP) is -0.486. The minimum absolute atomic E-state index is 0.563. The molecule has 11 heavy (non-hydrogen) atoms. The summed E-state index contributed by atoms with van der Waals surface area (Å²) >= 11 is 0. The molecule has 0 atom stereocenters. The second-order valence-electron chi connectivity index (χ2n) is 2.01. The summed E-state index contributed by atoms with van der Waals surface area (Å²) < 4.78 is 0. The van der Waals surface area contributed by atoms with Crippen LogP contribution in [0.4, 0.5) is 0 Å². The van der Waals surface area contributed by atoms with E-state index in [0.717, 1.165) is 0 Å². The van der Waals surface area contributed by atoms with Crippen LogP contribution in [0.1, 0.15) is 11.6 Å². The lowest BCUT2D eigenvalue weighted by Gasteiger charge is -1.84. The first kappa shape index (κ1) is 6.02. The lowest BCUT2D eigenvalue weighted by molar-refractivity contribution is 0.899. The van der Waals surface area contributed by atoms with Crippen LogP contribution in [0.2, 0.25) is 0 Å². The van der Waals surface area contributed by atoms with Crippen LogP contribution >= 0.6 is 0 Å². The van der Waals surface area contributed by atoms with Crippen molar-refractivity contribution in [2.45, 2.75) is 6.42 Å². The van der Waals surface area contributed by atoms with E-state index in [2.05, 4.69) is 30.4 Å². The number of nitrogens with zero attached hydrogens (tertiary/aromatic N) is 4. The van der Waals surface area contributed by atoms with Crippen molar-refractivity contribution in [2.75, 3.05) is 0 Å². The number of nitrogens with one attached hydrogen (secondary N) is 2. The Labute approximate surface area is 62.1 Å². The van der Waals surface area contributed by atoms with Crippen LogP contribution in [-0.4, -0.2) is 30.4 Å². The predicted molar refractivity (Wildman–Crippen MR) is 35.6 cm³/mol. The highest BCUT2D eigenvalue weighted by atomic mass is 15.2. The molecular weight excluding hydrogens is 144 g/mol. The van der Waals surface area contributed by atoms with Crippen molar-refractivity contribution in [3.63, 3.8) is 0 Å². The van der Waals surface area contributed by atoms with Crippen LogP contribution in [0.15, 0.2) is 12.7 Å². The molecule has 2 aromatic rings. The van der Waals surface area contributed by atoms with Gasteiger partial charge in [-0.3, -0.25) is 10.2 Å². The molecule has 0 aliphatic carbocycles. The van der Waals surface area contributed by atoms with E-state index >= 15 is 0 Å². The fourth-order valence-corrected chi connectivity index (χ4v) is 0.783. The van der Waals surface area contributed by atoms with Gasteiger partial charge in [0.25, 0.3) is 0 Å². The molecule has 56 valence electrons. The van der Waals surface area contributed by atoms with Crippen molar-refractivity contribution >= 4 is 0 Å². The van der Waals surface area contributed by atoms with Crippen molar-refractivity contribution in [1.29, 1.82) is 0 Å². The molecule has 2 rings (SSSR count). The van der Waals surface area contributed by atoms with E-state index in [-0.39, 0.29) is 0 Å². The van der Waals surface area contributed by atoms with Gasteiger partial charge in [-0.05, 0) is 0 Å². The second-order valence-corrected chi connectivity index (χ2v) is 2.01. The highest BCUT2D eigenvalue weighted by Crippen LogP contribution is 1.94. The molecule has 6 nitrogen and oxygen atoms in total. The largest absolute Gasteiger partial charge is 0.266 e. The Bertz CT molecular complexity index is 263. The van der Waals surface area contributed by atoms with Gasteiger partial charge in [0.15, 0.2) is 11.6 Å². The lowest BCUT2D eigenvalue weighted by atomic mass is 10.4. The molecule has 0 aromatic carbocycles. The molecule has 2 N–H and O–H groups in total. The van der Waals surface area contributed by atoms with Crippen molar-refractivity contribution in [2.24, 2.45) is 0 Å². The van der Waals surface area contributed by atoms with Crippen LogP contribution < -0.4 is 0 Å². The number of hydrogen-bond donors (Lipinski definition) is 2. The average Bonchev–Trinajstić information content (AvgIpc) is 2.60. The Hall–Kier alpha value is -1.72. The third-order valence-electron chi connectivity index (χ3n) is 1.25. The summed E-state index contributed by atoms with van der Waals surface area (Å²) in [6.07, 6.45) is 3.62. The SMILES string of the molecule is c1nc(Cc2nc[nH]n2)n[nH]1. The normalized spacial score (nSPS) is 10.2. The first-order valence-corrected chi connectivity index (χ1v) is 3.14. The molecule has 0 unspecified atom stereocenters. The zero-order valence-electron chi connectivity index (χ0n) is 5.65. The highest BCUT2D eigenvalue weighted by molar-refractivity contribution is 4.94. The zero-order chi connectivity index (χ0) is 7.52. The van der Waals surface area contributed by atoms with Crippen molar-refractivity contribution in [3.8, 4) is 0 Å². The Kier molecular flexibility index (Phi) is 1.36. The van der Waals surface area contributed by atoms with Gasteiger partial charge < -0.3 is 0 Å². The third-order valence-corrected chi connectivity index (χ3v) is 1.25. The molecule has 0 radical (unpaired) electrons. The molecule has 0 saturated heterocycles.